The molecule has 2 aliphatic heterocycles. The van der Waals surface area contributed by atoms with Crippen LogP contribution < -0.4 is 0 Å². The van der Waals surface area contributed by atoms with Gasteiger partial charge in [0.05, 0.1) is 17.4 Å². The maximum Gasteiger partial charge on any atom is 0.306 e. The molecule has 0 spiro atoms. The van der Waals surface area contributed by atoms with E-state index in [4.69, 9.17) is 9.47 Å². The number of esters is 1. The molecule has 0 bridgehead atoms. The van der Waals surface area contributed by atoms with Crippen LogP contribution in [0.3, 0.4) is 0 Å². The van der Waals surface area contributed by atoms with Gasteiger partial charge in [-0.15, -0.1) is 11.3 Å². The SMILES string of the molecule is CSc1nc(C=C(C)C2CC3OC3(C)CCCC(C)CC(C)C(=O)C(C)(C)CCC(=O)O2)cs1. The maximum absolute atomic E-state index is 13.1. The van der Waals surface area contributed by atoms with E-state index in [1.165, 1.54) is 0 Å². The molecule has 0 saturated carbocycles. The summed E-state index contributed by atoms with van der Waals surface area (Å²) >= 11 is 3.24. The van der Waals surface area contributed by atoms with Gasteiger partial charge in [0.15, 0.2) is 0 Å². The van der Waals surface area contributed by atoms with Gasteiger partial charge in [-0.2, -0.15) is 0 Å². The number of ether oxygens (including phenoxy) is 2. The van der Waals surface area contributed by atoms with Crippen molar-refractivity contribution in [2.24, 2.45) is 17.3 Å². The molecule has 190 valence electrons. The molecule has 5 unspecified atom stereocenters. The number of hydrogen-bond acceptors (Lipinski definition) is 7. The second-order valence-corrected chi connectivity index (χ2v) is 13.1. The van der Waals surface area contributed by atoms with Crippen LogP contribution in [-0.4, -0.2) is 40.8 Å². The first-order chi connectivity index (χ1) is 15.9. The maximum atomic E-state index is 13.1. The molecule has 0 aliphatic carbocycles. The lowest BCUT2D eigenvalue weighted by Crippen LogP contribution is -2.32. The fourth-order valence-corrected chi connectivity index (χ4v) is 6.36. The molecule has 0 amide bonds. The standard InChI is InChI=1S/C27H41NO4S2/c1-17-9-8-11-27(6)22(32-27)15-21(18(2)14-20-16-34-25(28-20)33-7)31-23(29)10-12-26(4,5)24(30)19(3)13-17/h14,16-17,19,21-22H,8-13,15H2,1-7H3. The van der Waals surface area contributed by atoms with E-state index in [-0.39, 0.29) is 41.9 Å². The van der Waals surface area contributed by atoms with Gasteiger partial charge < -0.3 is 9.47 Å². The highest BCUT2D eigenvalue weighted by atomic mass is 32.2. The number of cyclic esters (lactones) is 1. The monoisotopic (exact) mass is 507 g/mol. The molecule has 5 atom stereocenters. The molecule has 2 fully saturated rings. The van der Waals surface area contributed by atoms with Crippen molar-refractivity contribution in [1.82, 2.24) is 4.98 Å². The molecule has 1 aromatic rings. The van der Waals surface area contributed by atoms with Crippen LogP contribution in [0.1, 0.15) is 92.2 Å². The van der Waals surface area contributed by atoms with Crippen molar-refractivity contribution in [1.29, 1.82) is 0 Å². The van der Waals surface area contributed by atoms with Crippen molar-refractivity contribution in [3.8, 4) is 0 Å². The first-order valence-electron chi connectivity index (χ1n) is 12.5. The Morgan fingerprint density at radius 1 is 1.21 bits per heavy atom. The lowest BCUT2D eigenvalue weighted by molar-refractivity contribution is -0.148. The van der Waals surface area contributed by atoms with Gasteiger partial charge in [-0.1, -0.05) is 52.3 Å². The molecule has 34 heavy (non-hydrogen) atoms. The fourth-order valence-electron chi connectivity index (χ4n) is 5.14. The van der Waals surface area contributed by atoms with Gasteiger partial charge >= 0.3 is 5.97 Å². The van der Waals surface area contributed by atoms with Gasteiger partial charge in [-0.3, -0.25) is 9.59 Å². The second-order valence-electron chi connectivity index (χ2n) is 11.1. The molecule has 3 heterocycles. The minimum absolute atomic E-state index is 0.00310. The highest BCUT2D eigenvalue weighted by Crippen LogP contribution is 2.45. The van der Waals surface area contributed by atoms with Gasteiger partial charge in [0.25, 0.3) is 0 Å². The van der Waals surface area contributed by atoms with Crippen LogP contribution in [0.15, 0.2) is 15.3 Å². The Kier molecular flexibility index (Phi) is 9.07. The number of aromatic nitrogens is 1. The summed E-state index contributed by atoms with van der Waals surface area (Å²) in [6.07, 6.45) is 9.22. The van der Waals surface area contributed by atoms with E-state index in [1.54, 1.807) is 23.1 Å². The predicted octanol–water partition coefficient (Wildman–Crippen LogP) is 6.95. The number of epoxide rings is 1. The molecule has 0 N–H and O–H groups in total. The smallest absolute Gasteiger partial charge is 0.306 e. The minimum Gasteiger partial charge on any atom is -0.458 e. The predicted molar refractivity (Wildman–Crippen MR) is 140 cm³/mol. The molecule has 2 saturated heterocycles. The van der Waals surface area contributed by atoms with E-state index in [9.17, 15) is 9.59 Å². The average Bonchev–Trinajstić information content (AvgIpc) is 3.17. The van der Waals surface area contributed by atoms with Crippen LogP contribution in [0.2, 0.25) is 0 Å². The molecular formula is C27H41NO4S2. The van der Waals surface area contributed by atoms with Gasteiger partial charge in [0, 0.05) is 29.6 Å². The Bertz CT molecular complexity index is 908. The van der Waals surface area contributed by atoms with E-state index in [2.05, 4.69) is 18.8 Å². The Morgan fingerprint density at radius 2 is 1.94 bits per heavy atom. The summed E-state index contributed by atoms with van der Waals surface area (Å²) in [4.78, 5) is 30.6. The topological polar surface area (TPSA) is 68.8 Å². The van der Waals surface area contributed by atoms with Crippen LogP contribution in [-0.2, 0) is 19.1 Å². The number of carbonyl (C=O) groups excluding carboxylic acids is 2. The zero-order valence-electron chi connectivity index (χ0n) is 21.8. The van der Waals surface area contributed by atoms with Crippen LogP contribution in [0, 0.1) is 17.3 Å². The van der Waals surface area contributed by atoms with Gasteiger partial charge in [-0.25, -0.2) is 4.98 Å². The van der Waals surface area contributed by atoms with Crippen molar-refractivity contribution < 1.29 is 19.1 Å². The molecule has 5 nitrogen and oxygen atoms in total. The number of carbonyl (C=O) groups is 2. The molecule has 0 radical (unpaired) electrons. The van der Waals surface area contributed by atoms with Crippen molar-refractivity contribution in [3.05, 3.63) is 16.6 Å². The number of thiazole rings is 1. The molecular weight excluding hydrogens is 466 g/mol. The molecule has 7 heteroatoms. The van der Waals surface area contributed by atoms with Gasteiger partial charge in [0.2, 0.25) is 0 Å². The number of thioether (sulfide) groups is 1. The first kappa shape index (κ1) is 27.4. The molecule has 1 aromatic heterocycles. The summed E-state index contributed by atoms with van der Waals surface area (Å²) < 4.78 is 13.2. The molecule has 2 aliphatic rings. The Labute approximate surface area is 213 Å². The van der Waals surface area contributed by atoms with Crippen molar-refractivity contribution in [3.63, 3.8) is 0 Å². The average molecular weight is 508 g/mol. The third-order valence-corrected chi connectivity index (χ3v) is 9.37. The van der Waals surface area contributed by atoms with Crippen LogP contribution >= 0.6 is 23.1 Å². The summed E-state index contributed by atoms with van der Waals surface area (Å²) in [5.41, 5.74) is 1.17. The van der Waals surface area contributed by atoms with E-state index in [0.717, 1.165) is 41.3 Å². The number of hydrogen-bond donors (Lipinski definition) is 0. The fraction of sp³-hybridized carbons (Fsp3) is 0.741. The Hall–Kier alpha value is -1.18. The van der Waals surface area contributed by atoms with E-state index >= 15 is 0 Å². The summed E-state index contributed by atoms with van der Waals surface area (Å²) in [7, 11) is 0. The third-order valence-electron chi connectivity index (χ3n) is 7.49. The second kappa shape index (κ2) is 11.3. The zero-order valence-corrected chi connectivity index (χ0v) is 23.4. The summed E-state index contributed by atoms with van der Waals surface area (Å²) in [5, 5.41) is 2.03. The number of nitrogens with zero attached hydrogens (tertiary/aromatic N) is 1. The van der Waals surface area contributed by atoms with Gasteiger partial charge in [-0.05, 0) is 56.9 Å². The lowest BCUT2D eigenvalue weighted by atomic mass is 9.75. The minimum atomic E-state index is -0.539. The zero-order chi connectivity index (χ0) is 25.1. The highest BCUT2D eigenvalue weighted by Gasteiger charge is 2.52. The van der Waals surface area contributed by atoms with Crippen molar-refractivity contribution >= 4 is 40.9 Å². The third kappa shape index (κ3) is 7.17. The van der Waals surface area contributed by atoms with E-state index in [0.29, 0.717) is 18.8 Å². The van der Waals surface area contributed by atoms with E-state index in [1.807, 2.05) is 45.4 Å². The van der Waals surface area contributed by atoms with Crippen molar-refractivity contribution in [2.45, 2.75) is 109 Å². The summed E-state index contributed by atoms with van der Waals surface area (Å²) in [5.74, 6) is 0.488. The highest BCUT2D eigenvalue weighted by molar-refractivity contribution is 8.00. The lowest BCUT2D eigenvalue weighted by Gasteiger charge is -2.28. The number of fused-ring (bicyclic) bond motifs is 1. The Morgan fingerprint density at radius 3 is 2.62 bits per heavy atom. The van der Waals surface area contributed by atoms with Crippen LogP contribution in [0.5, 0.6) is 0 Å². The first-order valence-corrected chi connectivity index (χ1v) is 14.6. The molecule has 3 rings (SSSR count). The Balaban J connectivity index is 1.79. The quantitative estimate of drug-likeness (QED) is 0.250. The van der Waals surface area contributed by atoms with Crippen molar-refractivity contribution in [2.75, 3.05) is 6.26 Å². The summed E-state index contributed by atoms with van der Waals surface area (Å²) in [6.45, 7) is 12.4. The number of ketones is 1. The number of rotatable bonds is 3. The van der Waals surface area contributed by atoms with E-state index < -0.39 is 5.41 Å². The molecule has 0 aromatic carbocycles. The normalized spacial score (nSPS) is 33.8. The van der Waals surface area contributed by atoms with Crippen LogP contribution in [0.4, 0.5) is 0 Å². The summed E-state index contributed by atoms with van der Waals surface area (Å²) in [6, 6.07) is 0. The van der Waals surface area contributed by atoms with Crippen LogP contribution in [0.25, 0.3) is 6.08 Å². The number of Topliss-reactive ketones (excluding diaryl/α,β-unsaturated/α-hetero) is 1. The largest absolute Gasteiger partial charge is 0.458 e. The van der Waals surface area contributed by atoms with Gasteiger partial charge in [0.1, 0.15) is 16.2 Å².